The van der Waals surface area contributed by atoms with Crippen molar-refractivity contribution in [2.45, 2.75) is 19.6 Å². The van der Waals surface area contributed by atoms with E-state index >= 15 is 0 Å². The van der Waals surface area contributed by atoms with Crippen LogP contribution in [0.25, 0.3) is 0 Å². The summed E-state index contributed by atoms with van der Waals surface area (Å²) in [6, 6.07) is 6.89. The predicted molar refractivity (Wildman–Crippen MR) is 68.1 cm³/mol. The van der Waals surface area contributed by atoms with Crippen molar-refractivity contribution in [1.82, 2.24) is 0 Å². The summed E-state index contributed by atoms with van der Waals surface area (Å²) in [5.74, 6) is -0.326. The van der Waals surface area contributed by atoms with Crippen molar-refractivity contribution in [3.05, 3.63) is 34.9 Å². The molecule has 2 N–H and O–H groups in total. The van der Waals surface area contributed by atoms with Gasteiger partial charge in [0.15, 0.2) is 0 Å². The van der Waals surface area contributed by atoms with Crippen LogP contribution in [0.5, 0.6) is 0 Å². The largest absolute Gasteiger partial charge is 0.460 e. The van der Waals surface area contributed by atoms with Crippen LogP contribution >= 0.6 is 11.6 Å². The highest BCUT2D eigenvalue weighted by Crippen LogP contribution is 2.29. The van der Waals surface area contributed by atoms with Gasteiger partial charge in [0.1, 0.15) is 12.0 Å². The summed E-state index contributed by atoms with van der Waals surface area (Å²) in [5.41, 5.74) is 5.96. The molecule has 0 amide bonds. The Kier molecular flexibility index (Phi) is 3.90. The number of rotatable bonds is 3. The number of benzene rings is 1. The average Bonchev–Trinajstić information content (AvgIpc) is 2.68. The predicted octanol–water partition coefficient (Wildman–Crippen LogP) is 1.75. The molecule has 0 radical (unpaired) electrons. The summed E-state index contributed by atoms with van der Waals surface area (Å²) in [7, 11) is 0. The minimum atomic E-state index is -0.751. The molecule has 0 aromatic heterocycles. The van der Waals surface area contributed by atoms with Gasteiger partial charge in [-0.05, 0) is 24.6 Å². The second kappa shape index (κ2) is 5.26. The molecule has 1 aliphatic rings. The summed E-state index contributed by atoms with van der Waals surface area (Å²) >= 11 is 5.86. The Hall–Kier alpha value is -1.10. The van der Waals surface area contributed by atoms with E-state index in [2.05, 4.69) is 0 Å². The number of hydrogen-bond acceptors (Lipinski definition) is 4. The number of ether oxygens (including phenoxy) is 2. The molecule has 0 saturated carbocycles. The lowest BCUT2D eigenvalue weighted by atomic mass is 9.86. The molecule has 1 aromatic rings. The minimum Gasteiger partial charge on any atom is -0.460 e. The van der Waals surface area contributed by atoms with Gasteiger partial charge in [-0.1, -0.05) is 23.7 Å². The van der Waals surface area contributed by atoms with Gasteiger partial charge in [-0.2, -0.15) is 0 Å². The molecule has 1 heterocycles. The van der Waals surface area contributed by atoms with Crippen LogP contribution in [0, 0.1) is 5.41 Å². The van der Waals surface area contributed by atoms with Crippen molar-refractivity contribution < 1.29 is 14.3 Å². The first-order valence-corrected chi connectivity index (χ1v) is 6.15. The summed E-state index contributed by atoms with van der Waals surface area (Å²) < 4.78 is 10.5. The van der Waals surface area contributed by atoms with Crippen LogP contribution in [-0.4, -0.2) is 25.2 Å². The van der Waals surface area contributed by atoms with E-state index in [-0.39, 0.29) is 18.6 Å². The molecule has 0 aliphatic carbocycles. The Morgan fingerprint density at radius 1 is 1.67 bits per heavy atom. The van der Waals surface area contributed by atoms with Crippen molar-refractivity contribution in [2.75, 3.05) is 13.2 Å². The molecule has 4 nitrogen and oxygen atoms in total. The zero-order valence-electron chi connectivity index (χ0n) is 10.2. The maximum atomic E-state index is 12.0. The van der Waals surface area contributed by atoms with Gasteiger partial charge in [0.25, 0.3) is 0 Å². The Bertz CT molecular complexity index is 452. The molecular weight excluding hydrogens is 254 g/mol. The van der Waals surface area contributed by atoms with Crippen LogP contribution in [0.4, 0.5) is 0 Å². The summed E-state index contributed by atoms with van der Waals surface area (Å²) in [6.07, 6.45) is 0. The van der Waals surface area contributed by atoms with Crippen LogP contribution in [-0.2, 0) is 20.9 Å². The molecule has 1 aliphatic heterocycles. The van der Waals surface area contributed by atoms with Crippen LogP contribution < -0.4 is 5.73 Å². The van der Waals surface area contributed by atoms with Gasteiger partial charge in [0, 0.05) is 11.1 Å². The first kappa shape index (κ1) is 13.3. The van der Waals surface area contributed by atoms with E-state index in [0.717, 1.165) is 5.56 Å². The van der Waals surface area contributed by atoms with E-state index in [1.54, 1.807) is 19.1 Å². The van der Waals surface area contributed by atoms with Crippen molar-refractivity contribution in [1.29, 1.82) is 0 Å². The number of nitrogens with two attached hydrogens (primary N) is 1. The summed E-state index contributed by atoms with van der Waals surface area (Å²) in [6.45, 7) is 2.66. The molecule has 2 atom stereocenters. The minimum absolute atomic E-state index is 0.196. The first-order valence-electron chi connectivity index (χ1n) is 5.77. The third-order valence-corrected chi connectivity index (χ3v) is 3.48. The summed E-state index contributed by atoms with van der Waals surface area (Å²) in [5, 5.41) is 0.621. The van der Waals surface area contributed by atoms with E-state index in [1.165, 1.54) is 0 Å². The molecule has 1 aromatic carbocycles. The molecule has 1 saturated heterocycles. The van der Waals surface area contributed by atoms with E-state index < -0.39 is 5.41 Å². The zero-order valence-corrected chi connectivity index (χ0v) is 10.9. The molecule has 0 spiro atoms. The molecule has 2 unspecified atom stereocenters. The topological polar surface area (TPSA) is 61.5 Å². The van der Waals surface area contributed by atoms with Gasteiger partial charge in [-0.15, -0.1) is 0 Å². The number of hydrogen-bond donors (Lipinski definition) is 1. The smallest absolute Gasteiger partial charge is 0.316 e. The van der Waals surface area contributed by atoms with Gasteiger partial charge in [0.05, 0.1) is 13.2 Å². The second-order valence-corrected chi connectivity index (χ2v) is 5.18. The molecule has 2 rings (SSSR count). The number of esters is 1. The number of carbonyl (C=O) groups excluding carboxylic acids is 1. The van der Waals surface area contributed by atoms with Gasteiger partial charge >= 0.3 is 5.97 Å². The maximum Gasteiger partial charge on any atom is 0.316 e. The lowest BCUT2D eigenvalue weighted by Crippen LogP contribution is -2.45. The zero-order chi connectivity index (χ0) is 13.2. The van der Waals surface area contributed by atoms with Gasteiger partial charge in [-0.3, -0.25) is 4.79 Å². The van der Waals surface area contributed by atoms with E-state index in [4.69, 9.17) is 26.8 Å². The van der Waals surface area contributed by atoms with Crippen LogP contribution in [0.2, 0.25) is 5.02 Å². The Balaban J connectivity index is 1.96. The van der Waals surface area contributed by atoms with Crippen molar-refractivity contribution in [3.63, 3.8) is 0 Å². The van der Waals surface area contributed by atoms with E-state index in [0.29, 0.717) is 18.2 Å². The first-order chi connectivity index (χ1) is 8.52. The highest BCUT2D eigenvalue weighted by atomic mass is 35.5. The van der Waals surface area contributed by atoms with Gasteiger partial charge < -0.3 is 15.2 Å². The van der Waals surface area contributed by atoms with Gasteiger partial charge in [0.2, 0.25) is 0 Å². The maximum absolute atomic E-state index is 12.0. The average molecular weight is 270 g/mol. The standard InChI is InChI=1S/C13H16ClNO3/c1-13(8-17-7-11(13)15)12(16)18-6-9-3-2-4-10(14)5-9/h2-5,11H,6-8,15H2,1H3. The fraction of sp³-hybridized carbons (Fsp3) is 0.462. The quantitative estimate of drug-likeness (QED) is 0.849. The van der Waals surface area contributed by atoms with Crippen LogP contribution in [0.15, 0.2) is 24.3 Å². The van der Waals surface area contributed by atoms with Gasteiger partial charge in [-0.25, -0.2) is 0 Å². The fourth-order valence-electron chi connectivity index (χ4n) is 1.84. The Morgan fingerprint density at radius 2 is 2.44 bits per heavy atom. The van der Waals surface area contributed by atoms with Crippen LogP contribution in [0.3, 0.4) is 0 Å². The fourth-order valence-corrected chi connectivity index (χ4v) is 2.05. The normalized spacial score (nSPS) is 27.2. The SMILES string of the molecule is CC1(C(=O)OCc2cccc(Cl)c2)COCC1N. The Morgan fingerprint density at radius 3 is 3.06 bits per heavy atom. The molecule has 5 heteroatoms. The second-order valence-electron chi connectivity index (χ2n) is 4.75. The summed E-state index contributed by atoms with van der Waals surface area (Å²) in [4.78, 5) is 12.0. The molecule has 1 fully saturated rings. The third-order valence-electron chi connectivity index (χ3n) is 3.24. The third kappa shape index (κ3) is 2.66. The van der Waals surface area contributed by atoms with Crippen molar-refractivity contribution >= 4 is 17.6 Å². The van der Waals surface area contributed by atoms with E-state index in [1.807, 2.05) is 12.1 Å². The molecule has 18 heavy (non-hydrogen) atoms. The number of halogens is 1. The highest BCUT2D eigenvalue weighted by Gasteiger charge is 2.45. The number of carbonyl (C=O) groups is 1. The van der Waals surface area contributed by atoms with Crippen molar-refractivity contribution in [2.24, 2.45) is 11.1 Å². The molecule has 98 valence electrons. The Labute approximate surface area is 111 Å². The highest BCUT2D eigenvalue weighted by molar-refractivity contribution is 6.30. The molecule has 0 bridgehead atoms. The van der Waals surface area contributed by atoms with E-state index in [9.17, 15) is 4.79 Å². The lowest BCUT2D eigenvalue weighted by Gasteiger charge is -2.24. The van der Waals surface area contributed by atoms with Crippen LogP contribution in [0.1, 0.15) is 12.5 Å². The monoisotopic (exact) mass is 269 g/mol. The molecular formula is C13H16ClNO3. The lowest BCUT2D eigenvalue weighted by molar-refractivity contribution is -0.156. The van der Waals surface area contributed by atoms with Crippen molar-refractivity contribution in [3.8, 4) is 0 Å².